The third-order valence-corrected chi connectivity index (χ3v) is 7.34. The van der Waals surface area contributed by atoms with Gasteiger partial charge in [0.25, 0.3) is 5.91 Å². The lowest BCUT2D eigenvalue weighted by molar-refractivity contribution is 0.0709. The Kier molecular flexibility index (Phi) is 4.83. The van der Waals surface area contributed by atoms with Gasteiger partial charge in [-0.15, -0.1) is 11.3 Å². The molecule has 1 aromatic carbocycles. The first kappa shape index (κ1) is 19.3. The van der Waals surface area contributed by atoms with Crippen LogP contribution in [0.2, 0.25) is 0 Å². The van der Waals surface area contributed by atoms with E-state index in [9.17, 15) is 4.79 Å². The van der Waals surface area contributed by atoms with Crippen LogP contribution < -0.4 is 5.73 Å². The standard InChI is InChI=1S/C24H26N4OS/c1-3-18-19-8-4-5-9-20(19)30-23(18)22-15(2)28-12-10-16(13-21(28)26-22)24(29)27-11-6-7-17(25)14-27/h4-5,8-10,12-13,17H,3,6-7,11,14,25H2,1-2H3. The molecule has 5 nitrogen and oxygen atoms in total. The van der Waals surface area contributed by atoms with Crippen LogP contribution in [0.4, 0.5) is 0 Å². The summed E-state index contributed by atoms with van der Waals surface area (Å²) in [7, 11) is 0. The number of likely N-dealkylation sites (tertiary alicyclic amines) is 1. The summed E-state index contributed by atoms with van der Waals surface area (Å²) in [6.07, 6.45) is 4.89. The summed E-state index contributed by atoms with van der Waals surface area (Å²) >= 11 is 1.80. The van der Waals surface area contributed by atoms with Gasteiger partial charge in [0, 0.05) is 41.3 Å². The summed E-state index contributed by atoms with van der Waals surface area (Å²) in [4.78, 5) is 21.1. The Morgan fingerprint density at radius 1 is 1.30 bits per heavy atom. The predicted octanol–water partition coefficient (Wildman–Crippen LogP) is 4.65. The number of thiophene rings is 1. The van der Waals surface area contributed by atoms with Crippen molar-refractivity contribution in [3.63, 3.8) is 0 Å². The number of nitrogens with zero attached hydrogens (tertiary/aromatic N) is 3. The summed E-state index contributed by atoms with van der Waals surface area (Å²) in [5, 5.41) is 1.31. The molecule has 5 rings (SSSR count). The molecule has 2 N–H and O–H groups in total. The second kappa shape index (κ2) is 7.52. The third-order valence-electron chi connectivity index (χ3n) is 6.12. The maximum absolute atomic E-state index is 13.0. The lowest BCUT2D eigenvalue weighted by Crippen LogP contribution is -2.45. The molecule has 0 bridgehead atoms. The number of piperidine rings is 1. The number of imidazole rings is 1. The molecule has 1 unspecified atom stereocenters. The van der Waals surface area contributed by atoms with Crippen molar-refractivity contribution in [2.75, 3.05) is 13.1 Å². The Morgan fingerprint density at radius 3 is 2.93 bits per heavy atom. The number of aromatic nitrogens is 2. The zero-order valence-electron chi connectivity index (χ0n) is 17.4. The van der Waals surface area contributed by atoms with Gasteiger partial charge in [-0.25, -0.2) is 4.98 Å². The second-order valence-corrected chi connectivity index (χ2v) is 9.15. The van der Waals surface area contributed by atoms with Gasteiger partial charge in [-0.3, -0.25) is 4.79 Å². The topological polar surface area (TPSA) is 63.6 Å². The Hall–Kier alpha value is -2.70. The van der Waals surface area contributed by atoms with E-state index in [4.69, 9.17) is 10.7 Å². The quantitative estimate of drug-likeness (QED) is 0.527. The first-order valence-corrected chi connectivity index (χ1v) is 11.4. The van der Waals surface area contributed by atoms with E-state index in [1.807, 2.05) is 23.2 Å². The van der Waals surface area contributed by atoms with E-state index in [1.165, 1.54) is 20.5 Å². The summed E-state index contributed by atoms with van der Waals surface area (Å²) < 4.78 is 3.37. The summed E-state index contributed by atoms with van der Waals surface area (Å²) in [5.74, 6) is 0.0472. The summed E-state index contributed by atoms with van der Waals surface area (Å²) in [5.41, 5.74) is 11.0. The molecule has 154 valence electrons. The van der Waals surface area contributed by atoms with Crippen molar-refractivity contribution in [3.8, 4) is 10.6 Å². The van der Waals surface area contributed by atoms with Crippen molar-refractivity contribution in [1.29, 1.82) is 0 Å². The van der Waals surface area contributed by atoms with Crippen LogP contribution in [0.3, 0.4) is 0 Å². The van der Waals surface area contributed by atoms with Crippen molar-refractivity contribution in [3.05, 3.63) is 59.4 Å². The number of carbonyl (C=O) groups excluding carboxylic acids is 1. The molecule has 6 heteroatoms. The van der Waals surface area contributed by atoms with Crippen molar-refractivity contribution < 1.29 is 4.79 Å². The lowest BCUT2D eigenvalue weighted by atomic mass is 10.1. The lowest BCUT2D eigenvalue weighted by Gasteiger charge is -2.30. The average Bonchev–Trinajstić information content (AvgIpc) is 3.30. The van der Waals surface area contributed by atoms with Crippen LogP contribution in [-0.4, -0.2) is 39.3 Å². The van der Waals surface area contributed by atoms with Gasteiger partial charge in [-0.2, -0.15) is 0 Å². The van der Waals surface area contributed by atoms with E-state index >= 15 is 0 Å². The average molecular weight is 419 g/mol. The molecular formula is C24H26N4OS. The SMILES string of the molecule is CCc1c(-c2nc3cc(C(=O)N4CCCC(N)C4)ccn3c2C)sc2ccccc12. The fourth-order valence-electron chi connectivity index (χ4n) is 4.53. The number of nitrogens with two attached hydrogens (primary N) is 1. The molecule has 0 aliphatic carbocycles. The third kappa shape index (κ3) is 3.11. The van der Waals surface area contributed by atoms with Gasteiger partial charge < -0.3 is 15.0 Å². The van der Waals surface area contributed by atoms with Gasteiger partial charge in [0.15, 0.2) is 0 Å². The fourth-order valence-corrected chi connectivity index (χ4v) is 5.87. The number of pyridine rings is 1. The molecule has 0 spiro atoms. The van der Waals surface area contributed by atoms with Gasteiger partial charge in [0.1, 0.15) is 11.3 Å². The molecule has 3 aromatic heterocycles. The molecule has 1 fully saturated rings. The molecular weight excluding hydrogens is 392 g/mol. The maximum Gasteiger partial charge on any atom is 0.254 e. The largest absolute Gasteiger partial charge is 0.337 e. The highest BCUT2D eigenvalue weighted by atomic mass is 32.1. The van der Waals surface area contributed by atoms with E-state index in [0.717, 1.165) is 42.8 Å². The van der Waals surface area contributed by atoms with Crippen molar-refractivity contribution in [1.82, 2.24) is 14.3 Å². The van der Waals surface area contributed by atoms with Crippen LogP contribution in [0, 0.1) is 6.92 Å². The smallest absolute Gasteiger partial charge is 0.254 e. The van der Waals surface area contributed by atoms with Crippen LogP contribution in [0.15, 0.2) is 42.6 Å². The fraction of sp³-hybridized carbons (Fsp3) is 0.333. The Balaban J connectivity index is 1.57. The number of amides is 1. The van der Waals surface area contributed by atoms with Gasteiger partial charge in [-0.05, 0) is 55.3 Å². The van der Waals surface area contributed by atoms with Gasteiger partial charge >= 0.3 is 0 Å². The zero-order chi connectivity index (χ0) is 20.8. The van der Waals surface area contributed by atoms with Crippen LogP contribution >= 0.6 is 11.3 Å². The molecule has 4 aromatic rings. The minimum Gasteiger partial charge on any atom is -0.337 e. The summed E-state index contributed by atoms with van der Waals surface area (Å²) in [6, 6.07) is 12.4. The van der Waals surface area contributed by atoms with Crippen LogP contribution in [0.1, 0.15) is 41.4 Å². The van der Waals surface area contributed by atoms with E-state index in [2.05, 4.69) is 42.5 Å². The molecule has 0 saturated carbocycles. The van der Waals surface area contributed by atoms with Crippen LogP contribution in [0.25, 0.3) is 26.3 Å². The minimum atomic E-state index is 0.0472. The number of rotatable bonds is 3. The van der Waals surface area contributed by atoms with Gasteiger partial charge in [0.05, 0.1) is 4.88 Å². The summed E-state index contributed by atoms with van der Waals surface area (Å²) in [6.45, 7) is 5.70. The molecule has 1 aliphatic heterocycles. The highest BCUT2D eigenvalue weighted by molar-refractivity contribution is 7.22. The predicted molar refractivity (Wildman–Crippen MR) is 123 cm³/mol. The molecule has 30 heavy (non-hydrogen) atoms. The Bertz CT molecular complexity index is 1260. The van der Waals surface area contributed by atoms with E-state index in [-0.39, 0.29) is 11.9 Å². The second-order valence-electron chi connectivity index (χ2n) is 8.10. The number of carbonyl (C=O) groups is 1. The Morgan fingerprint density at radius 2 is 2.13 bits per heavy atom. The van der Waals surface area contributed by atoms with Crippen molar-refractivity contribution >= 4 is 33.0 Å². The number of hydrogen-bond acceptors (Lipinski definition) is 4. The van der Waals surface area contributed by atoms with Crippen LogP contribution in [-0.2, 0) is 6.42 Å². The molecule has 1 saturated heterocycles. The van der Waals surface area contributed by atoms with Crippen LogP contribution in [0.5, 0.6) is 0 Å². The highest BCUT2D eigenvalue weighted by Crippen LogP contribution is 2.40. The first-order valence-electron chi connectivity index (χ1n) is 10.6. The number of hydrogen-bond donors (Lipinski definition) is 1. The van der Waals surface area contributed by atoms with E-state index in [0.29, 0.717) is 12.1 Å². The molecule has 0 radical (unpaired) electrons. The highest BCUT2D eigenvalue weighted by Gasteiger charge is 2.24. The molecule has 1 aliphatic rings. The zero-order valence-corrected chi connectivity index (χ0v) is 18.2. The van der Waals surface area contributed by atoms with Crippen molar-refractivity contribution in [2.24, 2.45) is 5.73 Å². The minimum absolute atomic E-state index is 0.0472. The maximum atomic E-state index is 13.0. The molecule has 1 atom stereocenters. The molecule has 4 heterocycles. The molecule has 1 amide bonds. The normalized spacial score (nSPS) is 17.2. The number of fused-ring (bicyclic) bond motifs is 2. The van der Waals surface area contributed by atoms with Gasteiger partial charge in [-0.1, -0.05) is 25.1 Å². The Labute approximate surface area is 180 Å². The number of benzene rings is 1. The van der Waals surface area contributed by atoms with E-state index in [1.54, 1.807) is 11.3 Å². The van der Waals surface area contributed by atoms with Gasteiger partial charge in [0.2, 0.25) is 0 Å². The van der Waals surface area contributed by atoms with E-state index < -0.39 is 0 Å². The number of aryl methyl sites for hydroxylation is 2. The first-order chi connectivity index (χ1) is 14.6. The monoisotopic (exact) mass is 418 g/mol. The van der Waals surface area contributed by atoms with Crippen molar-refractivity contribution in [2.45, 2.75) is 39.2 Å².